The second-order valence-electron chi connectivity index (χ2n) is 3.55. The number of halogens is 1. The number of rotatable bonds is 4. The van der Waals surface area contributed by atoms with Gasteiger partial charge in [0.25, 0.3) is 0 Å². The average molecular weight is 230 g/mol. The number of likely N-dealkylation sites (N-methyl/N-ethyl adjacent to an activating group) is 1. The van der Waals surface area contributed by atoms with Crippen molar-refractivity contribution in [2.45, 2.75) is 26.4 Å². The molecular formula is C10H16ClN3O. The van der Waals surface area contributed by atoms with Gasteiger partial charge in [0.1, 0.15) is 17.3 Å². The zero-order valence-electron chi connectivity index (χ0n) is 9.24. The number of aliphatic hydroxyl groups is 1. The molecule has 1 heterocycles. The first kappa shape index (κ1) is 12.2. The van der Waals surface area contributed by atoms with E-state index in [0.717, 1.165) is 17.8 Å². The van der Waals surface area contributed by atoms with Crippen LogP contribution < -0.4 is 4.90 Å². The third-order valence-corrected chi connectivity index (χ3v) is 2.45. The van der Waals surface area contributed by atoms with Crippen LogP contribution in [0.3, 0.4) is 0 Å². The lowest BCUT2D eigenvalue weighted by Crippen LogP contribution is -2.28. The van der Waals surface area contributed by atoms with Crippen LogP contribution in [-0.2, 0) is 6.42 Å². The van der Waals surface area contributed by atoms with Gasteiger partial charge in [-0.3, -0.25) is 0 Å². The minimum atomic E-state index is -0.395. The van der Waals surface area contributed by atoms with Gasteiger partial charge in [-0.15, -0.1) is 0 Å². The van der Waals surface area contributed by atoms with E-state index >= 15 is 0 Å². The van der Waals surface area contributed by atoms with Crippen LogP contribution in [0.5, 0.6) is 0 Å². The number of hydrogen-bond donors (Lipinski definition) is 1. The maximum atomic E-state index is 9.30. The van der Waals surface area contributed by atoms with Crippen LogP contribution in [0.25, 0.3) is 0 Å². The summed E-state index contributed by atoms with van der Waals surface area (Å²) >= 11 is 5.97. The van der Waals surface area contributed by atoms with E-state index in [2.05, 4.69) is 9.97 Å². The number of aliphatic hydroxyl groups excluding tert-OH is 1. The van der Waals surface area contributed by atoms with E-state index in [1.54, 1.807) is 6.92 Å². The van der Waals surface area contributed by atoms with Crippen LogP contribution in [0.2, 0.25) is 5.15 Å². The molecule has 0 fully saturated rings. The van der Waals surface area contributed by atoms with Gasteiger partial charge in [0.15, 0.2) is 0 Å². The molecule has 0 saturated heterocycles. The second-order valence-corrected chi connectivity index (χ2v) is 3.91. The van der Waals surface area contributed by atoms with Crippen molar-refractivity contribution in [1.29, 1.82) is 0 Å². The van der Waals surface area contributed by atoms with Gasteiger partial charge < -0.3 is 10.0 Å². The SMILES string of the molecule is CCc1c(Cl)ncnc1N(C)CC(C)O. The van der Waals surface area contributed by atoms with E-state index in [1.807, 2.05) is 18.9 Å². The first-order chi connectivity index (χ1) is 7.06. The number of aromatic nitrogens is 2. The fraction of sp³-hybridized carbons (Fsp3) is 0.600. The molecule has 0 aliphatic heterocycles. The van der Waals surface area contributed by atoms with E-state index in [4.69, 9.17) is 11.6 Å². The zero-order chi connectivity index (χ0) is 11.4. The van der Waals surface area contributed by atoms with Crippen LogP contribution in [0, 0.1) is 0 Å². The highest BCUT2D eigenvalue weighted by Gasteiger charge is 2.13. The molecule has 1 atom stereocenters. The molecule has 0 spiro atoms. The van der Waals surface area contributed by atoms with E-state index < -0.39 is 6.10 Å². The van der Waals surface area contributed by atoms with E-state index in [9.17, 15) is 5.11 Å². The summed E-state index contributed by atoms with van der Waals surface area (Å²) in [4.78, 5) is 10.0. The highest BCUT2D eigenvalue weighted by Crippen LogP contribution is 2.22. The van der Waals surface area contributed by atoms with Gasteiger partial charge in [-0.2, -0.15) is 0 Å². The largest absolute Gasteiger partial charge is 0.392 e. The van der Waals surface area contributed by atoms with Crippen molar-refractivity contribution in [3.63, 3.8) is 0 Å². The van der Waals surface area contributed by atoms with Crippen molar-refractivity contribution in [2.24, 2.45) is 0 Å². The summed E-state index contributed by atoms with van der Waals surface area (Å²) in [5.74, 6) is 0.790. The molecule has 1 rings (SSSR count). The van der Waals surface area contributed by atoms with Crippen molar-refractivity contribution in [1.82, 2.24) is 9.97 Å². The monoisotopic (exact) mass is 229 g/mol. The van der Waals surface area contributed by atoms with Crippen molar-refractivity contribution >= 4 is 17.4 Å². The zero-order valence-corrected chi connectivity index (χ0v) is 9.99. The smallest absolute Gasteiger partial charge is 0.137 e. The molecule has 1 aromatic rings. The molecule has 0 aliphatic rings. The summed E-state index contributed by atoms with van der Waals surface area (Å²) in [5, 5.41) is 9.78. The summed E-state index contributed by atoms with van der Waals surface area (Å²) < 4.78 is 0. The molecule has 0 aromatic carbocycles. The van der Waals surface area contributed by atoms with Gasteiger partial charge in [0.05, 0.1) is 6.10 Å². The molecule has 1 aromatic heterocycles. The van der Waals surface area contributed by atoms with Crippen molar-refractivity contribution in [3.8, 4) is 0 Å². The Labute approximate surface area is 94.9 Å². The summed E-state index contributed by atoms with van der Waals surface area (Å²) in [6.07, 6.45) is 1.82. The van der Waals surface area contributed by atoms with Crippen LogP contribution in [0.1, 0.15) is 19.4 Å². The molecule has 0 radical (unpaired) electrons. The van der Waals surface area contributed by atoms with Gasteiger partial charge in [-0.25, -0.2) is 9.97 Å². The standard InChI is InChI=1S/C10H16ClN3O/c1-4-8-9(11)12-6-13-10(8)14(3)5-7(2)15/h6-7,15H,4-5H2,1-3H3. The summed E-state index contributed by atoms with van der Waals surface area (Å²) in [7, 11) is 1.88. The Morgan fingerprint density at radius 1 is 1.53 bits per heavy atom. The maximum Gasteiger partial charge on any atom is 0.137 e. The summed E-state index contributed by atoms with van der Waals surface area (Å²) in [6, 6.07) is 0. The molecule has 15 heavy (non-hydrogen) atoms. The van der Waals surface area contributed by atoms with Gasteiger partial charge in [-0.1, -0.05) is 18.5 Å². The van der Waals surface area contributed by atoms with Crippen molar-refractivity contribution in [2.75, 3.05) is 18.5 Å². The van der Waals surface area contributed by atoms with Gasteiger partial charge in [0, 0.05) is 19.2 Å². The number of hydrogen-bond acceptors (Lipinski definition) is 4. The summed E-state index contributed by atoms with van der Waals surface area (Å²) in [5.41, 5.74) is 0.919. The normalized spacial score (nSPS) is 12.6. The molecule has 1 unspecified atom stereocenters. The van der Waals surface area contributed by atoms with Crippen molar-refractivity contribution < 1.29 is 5.11 Å². The molecule has 84 valence electrons. The van der Waals surface area contributed by atoms with Gasteiger partial charge >= 0.3 is 0 Å². The predicted molar refractivity (Wildman–Crippen MR) is 61.4 cm³/mol. The molecule has 4 nitrogen and oxygen atoms in total. The highest BCUT2D eigenvalue weighted by atomic mass is 35.5. The minimum absolute atomic E-state index is 0.395. The molecular weight excluding hydrogens is 214 g/mol. The van der Waals surface area contributed by atoms with Crippen LogP contribution in [-0.4, -0.2) is 34.8 Å². The van der Waals surface area contributed by atoms with Gasteiger partial charge in [-0.05, 0) is 13.3 Å². The van der Waals surface area contributed by atoms with E-state index in [-0.39, 0.29) is 0 Å². The Kier molecular flexibility index (Phi) is 4.29. The van der Waals surface area contributed by atoms with Crippen LogP contribution in [0.4, 0.5) is 5.82 Å². The highest BCUT2D eigenvalue weighted by molar-refractivity contribution is 6.30. The number of anilines is 1. The average Bonchev–Trinajstić information content (AvgIpc) is 2.16. The topological polar surface area (TPSA) is 49.2 Å². The van der Waals surface area contributed by atoms with E-state index in [0.29, 0.717) is 11.7 Å². The Hall–Kier alpha value is -0.870. The minimum Gasteiger partial charge on any atom is -0.392 e. The Bertz CT molecular complexity index is 330. The first-order valence-corrected chi connectivity index (χ1v) is 5.32. The lowest BCUT2D eigenvalue weighted by Gasteiger charge is -2.22. The Balaban J connectivity index is 2.97. The van der Waals surface area contributed by atoms with Gasteiger partial charge in [0.2, 0.25) is 0 Å². The first-order valence-electron chi connectivity index (χ1n) is 4.94. The number of nitrogens with zero attached hydrogens (tertiary/aromatic N) is 3. The predicted octanol–water partition coefficient (Wildman–Crippen LogP) is 1.51. The Morgan fingerprint density at radius 2 is 2.20 bits per heavy atom. The van der Waals surface area contributed by atoms with E-state index in [1.165, 1.54) is 6.33 Å². The lowest BCUT2D eigenvalue weighted by molar-refractivity contribution is 0.201. The molecule has 0 saturated carbocycles. The van der Waals surface area contributed by atoms with Crippen LogP contribution >= 0.6 is 11.6 Å². The fourth-order valence-electron chi connectivity index (χ4n) is 1.50. The molecule has 5 heteroatoms. The molecule has 0 bridgehead atoms. The lowest BCUT2D eigenvalue weighted by atomic mass is 10.2. The fourth-order valence-corrected chi connectivity index (χ4v) is 1.76. The third kappa shape index (κ3) is 3.04. The third-order valence-electron chi connectivity index (χ3n) is 2.12. The van der Waals surface area contributed by atoms with Crippen molar-refractivity contribution in [3.05, 3.63) is 17.0 Å². The quantitative estimate of drug-likeness (QED) is 0.796. The molecule has 0 aliphatic carbocycles. The summed E-state index contributed by atoms with van der Waals surface area (Å²) in [6.45, 7) is 4.27. The second kappa shape index (κ2) is 5.28. The Morgan fingerprint density at radius 3 is 2.73 bits per heavy atom. The molecule has 0 amide bonds. The maximum absolute atomic E-state index is 9.30. The van der Waals surface area contributed by atoms with Crippen LogP contribution in [0.15, 0.2) is 6.33 Å². The molecule has 1 N–H and O–H groups in total.